The van der Waals surface area contributed by atoms with Gasteiger partial charge in [-0.1, -0.05) is 0 Å². The van der Waals surface area contributed by atoms with Crippen molar-refractivity contribution >= 4 is 17.2 Å². The molecule has 22 heavy (non-hydrogen) atoms. The van der Waals surface area contributed by atoms with Gasteiger partial charge in [0.05, 0.1) is 6.04 Å². The minimum absolute atomic E-state index is 0.0398. The molecule has 1 unspecified atom stereocenters. The second-order valence-corrected chi connectivity index (χ2v) is 6.03. The van der Waals surface area contributed by atoms with Crippen LogP contribution in [0.15, 0.2) is 30.0 Å². The number of aromatic amines is 1. The Kier molecular flexibility index (Phi) is 3.04. The minimum Gasteiger partial charge on any atom is -0.348 e. The number of thiazole rings is 1. The van der Waals surface area contributed by atoms with Gasteiger partial charge in [-0.15, -0.1) is 11.3 Å². The Morgan fingerprint density at radius 1 is 1.45 bits per heavy atom. The summed E-state index contributed by atoms with van der Waals surface area (Å²) in [6.45, 7) is 3.56. The van der Waals surface area contributed by atoms with Gasteiger partial charge in [0.25, 0.3) is 5.91 Å². The molecule has 0 aliphatic carbocycles. The van der Waals surface area contributed by atoms with E-state index in [0.717, 1.165) is 12.2 Å². The van der Waals surface area contributed by atoms with Crippen LogP contribution in [-0.4, -0.2) is 42.1 Å². The Balaban J connectivity index is 1.60. The Bertz CT molecular complexity index is 805. The van der Waals surface area contributed by atoms with E-state index in [2.05, 4.69) is 37.0 Å². The van der Waals surface area contributed by atoms with Crippen LogP contribution in [-0.2, 0) is 6.54 Å². The van der Waals surface area contributed by atoms with Crippen LogP contribution < -0.4 is 0 Å². The highest BCUT2D eigenvalue weighted by molar-refractivity contribution is 7.13. The van der Waals surface area contributed by atoms with Crippen molar-refractivity contribution in [2.24, 2.45) is 0 Å². The molecule has 3 aromatic rings. The van der Waals surface area contributed by atoms with Crippen molar-refractivity contribution in [1.29, 1.82) is 0 Å². The highest BCUT2D eigenvalue weighted by atomic mass is 32.1. The van der Waals surface area contributed by atoms with Gasteiger partial charge in [0, 0.05) is 30.4 Å². The van der Waals surface area contributed by atoms with Crippen molar-refractivity contribution in [1.82, 2.24) is 29.6 Å². The van der Waals surface area contributed by atoms with E-state index in [1.165, 1.54) is 17.7 Å². The number of amides is 1. The van der Waals surface area contributed by atoms with Gasteiger partial charge in [-0.3, -0.25) is 9.89 Å². The van der Waals surface area contributed by atoms with Crippen LogP contribution in [0.4, 0.5) is 0 Å². The fourth-order valence-electron chi connectivity index (χ4n) is 2.79. The van der Waals surface area contributed by atoms with E-state index in [1.807, 2.05) is 17.9 Å². The molecule has 4 rings (SSSR count). The molecular formula is C14H14N6OS. The van der Waals surface area contributed by atoms with Crippen molar-refractivity contribution in [2.75, 3.05) is 6.54 Å². The number of nitrogens with one attached hydrogen (secondary N) is 1. The van der Waals surface area contributed by atoms with Gasteiger partial charge in [-0.25, -0.2) is 9.97 Å². The summed E-state index contributed by atoms with van der Waals surface area (Å²) >= 11 is 1.39. The minimum atomic E-state index is -0.0398. The summed E-state index contributed by atoms with van der Waals surface area (Å²) < 4.78 is 2.19. The normalized spacial score (nSPS) is 17.5. The Morgan fingerprint density at radius 3 is 3.18 bits per heavy atom. The lowest BCUT2D eigenvalue weighted by Crippen LogP contribution is -2.40. The van der Waals surface area contributed by atoms with Gasteiger partial charge < -0.3 is 9.47 Å². The standard InChI is InChI=1S/C14H14N6OS/c1-9-11-3-2-4-19(11)5-6-20(9)14(21)10-7-22-13(17-10)12-15-8-16-18-12/h2-4,7-9H,5-6H2,1H3,(H,15,16,18). The van der Waals surface area contributed by atoms with Gasteiger partial charge in [-0.2, -0.15) is 5.10 Å². The molecule has 1 amide bonds. The maximum atomic E-state index is 12.7. The quantitative estimate of drug-likeness (QED) is 0.784. The van der Waals surface area contributed by atoms with Crippen molar-refractivity contribution in [2.45, 2.75) is 19.5 Å². The molecule has 4 heterocycles. The third kappa shape index (κ3) is 2.03. The van der Waals surface area contributed by atoms with Crippen LogP contribution >= 0.6 is 11.3 Å². The maximum absolute atomic E-state index is 12.7. The molecular weight excluding hydrogens is 300 g/mol. The van der Waals surface area contributed by atoms with E-state index >= 15 is 0 Å². The number of carbonyl (C=O) groups is 1. The number of H-pyrrole nitrogens is 1. The summed E-state index contributed by atoms with van der Waals surface area (Å²) in [7, 11) is 0. The monoisotopic (exact) mass is 314 g/mol. The number of carbonyl (C=O) groups excluding carboxylic acids is 1. The van der Waals surface area contributed by atoms with E-state index in [4.69, 9.17) is 0 Å². The lowest BCUT2D eigenvalue weighted by Gasteiger charge is -2.34. The van der Waals surface area contributed by atoms with E-state index in [-0.39, 0.29) is 11.9 Å². The molecule has 0 saturated carbocycles. The smallest absolute Gasteiger partial charge is 0.273 e. The first-order valence-corrected chi connectivity index (χ1v) is 7.89. The molecule has 1 aliphatic rings. The number of aromatic nitrogens is 5. The van der Waals surface area contributed by atoms with Gasteiger partial charge in [0.2, 0.25) is 0 Å². The Morgan fingerprint density at radius 2 is 2.36 bits per heavy atom. The first-order valence-electron chi connectivity index (χ1n) is 7.01. The van der Waals surface area contributed by atoms with Crippen molar-refractivity contribution in [3.63, 3.8) is 0 Å². The lowest BCUT2D eigenvalue weighted by atomic mass is 10.1. The molecule has 1 atom stereocenters. The molecule has 0 saturated heterocycles. The first-order chi connectivity index (χ1) is 10.7. The lowest BCUT2D eigenvalue weighted by molar-refractivity contribution is 0.0639. The van der Waals surface area contributed by atoms with Crippen LogP contribution in [0.25, 0.3) is 10.8 Å². The molecule has 0 spiro atoms. The zero-order chi connectivity index (χ0) is 15.1. The van der Waals surface area contributed by atoms with Crippen LogP contribution in [0.3, 0.4) is 0 Å². The largest absolute Gasteiger partial charge is 0.348 e. The molecule has 112 valence electrons. The van der Waals surface area contributed by atoms with E-state index in [0.29, 0.717) is 23.1 Å². The predicted molar refractivity (Wildman–Crippen MR) is 81.4 cm³/mol. The second kappa shape index (κ2) is 5.06. The Labute approximate surface area is 130 Å². The SMILES string of the molecule is CC1c2cccn2CCN1C(=O)c1csc(-c2ncn[nH]2)n1. The van der Waals surface area contributed by atoms with Gasteiger partial charge in [0.1, 0.15) is 12.0 Å². The average Bonchev–Trinajstić information content (AvgIpc) is 3.26. The molecule has 7 nitrogen and oxygen atoms in total. The highest BCUT2D eigenvalue weighted by Crippen LogP contribution is 2.28. The number of nitrogens with zero attached hydrogens (tertiary/aromatic N) is 5. The van der Waals surface area contributed by atoms with Crippen molar-refractivity contribution in [3.05, 3.63) is 41.4 Å². The molecule has 1 aliphatic heterocycles. The zero-order valence-electron chi connectivity index (χ0n) is 11.9. The number of hydrogen-bond donors (Lipinski definition) is 1. The van der Waals surface area contributed by atoms with Crippen molar-refractivity contribution < 1.29 is 4.79 Å². The van der Waals surface area contributed by atoms with Crippen molar-refractivity contribution in [3.8, 4) is 10.8 Å². The maximum Gasteiger partial charge on any atom is 0.273 e. The van der Waals surface area contributed by atoms with E-state index in [9.17, 15) is 4.79 Å². The third-order valence-corrected chi connectivity index (χ3v) is 4.79. The van der Waals surface area contributed by atoms with Crippen LogP contribution in [0, 0.1) is 0 Å². The van der Waals surface area contributed by atoms with Crippen LogP contribution in [0.1, 0.15) is 29.1 Å². The highest BCUT2D eigenvalue weighted by Gasteiger charge is 2.29. The summed E-state index contributed by atoms with van der Waals surface area (Å²) in [5, 5.41) is 9.02. The molecule has 0 radical (unpaired) electrons. The van der Waals surface area contributed by atoms with Gasteiger partial charge >= 0.3 is 0 Å². The number of rotatable bonds is 2. The fraction of sp³-hybridized carbons (Fsp3) is 0.286. The second-order valence-electron chi connectivity index (χ2n) is 5.17. The van der Waals surface area contributed by atoms with Gasteiger partial charge in [-0.05, 0) is 19.1 Å². The molecule has 0 aromatic carbocycles. The zero-order valence-corrected chi connectivity index (χ0v) is 12.7. The fourth-order valence-corrected chi connectivity index (χ4v) is 3.53. The average molecular weight is 314 g/mol. The summed E-state index contributed by atoms with van der Waals surface area (Å²) in [5.41, 5.74) is 1.62. The number of hydrogen-bond acceptors (Lipinski definition) is 5. The molecule has 0 fully saturated rings. The topological polar surface area (TPSA) is 79.7 Å². The first kappa shape index (κ1) is 13.2. The summed E-state index contributed by atoms with van der Waals surface area (Å²) in [5.74, 6) is 0.548. The molecule has 0 bridgehead atoms. The predicted octanol–water partition coefficient (Wildman–Crippen LogP) is 1.95. The molecule has 3 aromatic heterocycles. The molecule has 1 N–H and O–H groups in total. The van der Waals surface area contributed by atoms with Crippen LogP contribution in [0.5, 0.6) is 0 Å². The summed E-state index contributed by atoms with van der Waals surface area (Å²) in [6.07, 6.45) is 3.48. The van der Waals surface area contributed by atoms with Gasteiger partial charge in [0.15, 0.2) is 10.8 Å². The van der Waals surface area contributed by atoms with Crippen LogP contribution in [0.2, 0.25) is 0 Å². The summed E-state index contributed by atoms with van der Waals surface area (Å²) in [6, 6.07) is 4.13. The summed E-state index contributed by atoms with van der Waals surface area (Å²) in [4.78, 5) is 23.1. The van der Waals surface area contributed by atoms with E-state index < -0.39 is 0 Å². The van der Waals surface area contributed by atoms with E-state index in [1.54, 1.807) is 5.38 Å². The number of fused-ring (bicyclic) bond motifs is 1. The third-order valence-electron chi connectivity index (χ3n) is 3.94. The molecule has 8 heteroatoms. The Hall–Kier alpha value is -2.48.